The molecule has 0 radical (unpaired) electrons. The maximum atomic E-state index is 15.2. The number of ketones is 3. The van der Waals surface area contributed by atoms with Gasteiger partial charge in [0.05, 0.1) is 5.41 Å². The summed E-state index contributed by atoms with van der Waals surface area (Å²) in [4.78, 5) is 44.9. The number of rotatable bonds is 10. The summed E-state index contributed by atoms with van der Waals surface area (Å²) >= 11 is 0. The van der Waals surface area contributed by atoms with E-state index in [4.69, 9.17) is 0 Å². The van der Waals surface area contributed by atoms with Crippen molar-refractivity contribution in [1.29, 1.82) is 0 Å². The number of hydrogen-bond acceptors (Lipinski definition) is 6. The molecule has 0 aromatic heterocycles. The van der Waals surface area contributed by atoms with Crippen molar-refractivity contribution in [3.63, 3.8) is 0 Å². The van der Waals surface area contributed by atoms with Crippen LogP contribution >= 0.6 is 0 Å². The number of hydrogen-bond donors (Lipinski definition) is 3. The molecular weight excluding hydrogens is 552 g/mol. The molecule has 6 heteroatoms. The van der Waals surface area contributed by atoms with Crippen molar-refractivity contribution in [2.75, 3.05) is 0 Å². The van der Waals surface area contributed by atoms with Crippen LogP contribution in [0.25, 0.3) is 5.76 Å². The standard InChI is InChI=1S/C38H50O6/c1-22(2)11-13-27(25(7)8)20-37-21-28(15-12-23(3)4)36(9,10)38(35(37)44,18-17-24(5)6)34(43)31(33(37)42)32(41)26-14-16-29(39)30(40)19-26/h11-12,14,16-17,19,27-28,39-41H,7,13,15,18,20-21H2,1-6,8-10H3/b32-31+/t27-,28+,37+,38-/m0/s1. The molecule has 6 nitrogen and oxygen atoms in total. The van der Waals surface area contributed by atoms with E-state index in [1.165, 1.54) is 12.1 Å². The third-order valence-corrected chi connectivity index (χ3v) is 10.0. The minimum atomic E-state index is -1.62. The van der Waals surface area contributed by atoms with Gasteiger partial charge in [-0.3, -0.25) is 14.4 Å². The smallest absolute Gasteiger partial charge is 0.184 e. The molecule has 2 aliphatic carbocycles. The van der Waals surface area contributed by atoms with Gasteiger partial charge in [0.15, 0.2) is 28.8 Å². The van der Waals surface area contributed by atoms with Gasteiger partial charge in [-0.25, -0.2) is 0 Å². The van der Waals surface area contributed by atoms with E-state index in [1.54, 1.807) is 0 Å². The quantitative estimate of drug-likeness (QED) is 0.0616. The summed E-state index contributed by atoms with van der Waals surface area (Å²) in [6, 6.07) is 3.65. The summed E-state index contributed by atoms with van der Waals surface area (Å²) in [6.45, 7) is 21.9. The predicted octanol–water partition coefficient (Wildman–Crippen LogP) is 8.76. The normalized spacial score (nSPS) is 26.0. The first-order chi connectivity index (χ1) is 20.3. The van der Waals surface area contributed by atoms with E-state index in [2.05, 4.69) is 18.7 Å². The summed E-state index contributed by atoms with van der Waals surface area (Å²) in [5, 5.41) is 31.7. The van der Waals surface area contributed by atoms with Crippen molar-refractivity contribution >= 4 is 23.1 Å². The molecule has 0 aliphatic heterocycles. The van der Waals surface area contributed by atoms with Crippen LogP contribution in [0.2, 0.25) is 0 Å². The SMILES string of the molecule is C=C(C)[C@@H](CC=C(C)C)C[C@@]12C[C@@H](CC=C(C)C)C(C)(C)[C@@](CC=C(C)C)(C(=O)/C(=C(/O)c3ccc(O)c(O)c3)C1=O)C2=O. The highest BCUT2D eigenvalue weighted by molar-refractivity contribution is 6.41. The average molecular weight is 603 g/mol. The zero-order valence-corrected chi connectivity index (χ0v) is 27.9. The highest BCUT2D eigenvalue weighted by Gasteiger charge is 2.74. The topological polar surface area (TPSA) is 112 Å². The maximum absolute atomic E-state index is 15.2. The first-order valence-electron chi connectivity index (χ1n) is 15.5. The number of phenols is 2. The van der Waals surface area contributed by atoms with E-state index in [0.717, 1.165) is 28.4 Å². The van der Waals surface area contributed by atoms with Crippen molar-refractivity contribution in [3.05, 3.63) is 76.4 Å². The molecule has 2 fully saturated rings. The zero-order valence-electron chi connectivity index (χ0n) is 27.9. The lowest BCUT2D eigenvalue weighted by molar-refractivity contribution is -0.177. The van der Waals surface area contributed by atoms with Crippen LogP contribution < -0.4 is 0 Å². The molecule has 0 amide bonds. The van der Waals surface area contributed by atoms with Gasteiger partial charge in [-0.2, -0.15) is 0 Å². The fourth-order valence-corrected chi connectivity index (χ4v) is 7.08. The fourth-order valence-electron chi connectivity index (χ4n) is 7.08. The molecule has 3 rings (SSSR count). The number of Topliss-reactive ketones (excluding diaryl/α,β-unsaturated/α-hetero) is 3. The van der Waals surface area contributed by atoms with E-state index < -0.39 is 50.6 Å². The van der Waals surface area contributed by atoms with Crippen LogP contribution in [0.15, 0.2) is 70.9 Å². The van der Waals surface area contributed by atoms with Crippen LogP contribution in [0, 0.1) is 28.1 Å². The summed E-state index contributed by atoms with van der Waals surface area (Å²) in [7, 11) is 0. The van der Waals surface area contributed by atoms with Gasteiger partial charge in [0, 0.05) is 5.56 Å². The summed E-state index contributed by atoms with van der Waals surface area (Å²) in [5.74, 6) is -3.61. The van der Waals surface area contributed by atoms with E-state index in [9.17, 15) is 24.9 Å². The number of carbonyl (C=O) groups is 3. The van der Waals surface area contributed by atoms with Gasteiger partial charge in [-0.1, -0.05) is 60.9 Å². The molecule has 0 heterocycles. The van der Waals surface area contributed by atoms with Gasteiger partial charge in [0.25, 0.3) is 0 Å². The van der Waals surface area contributed by atoms with Crippen LogP contribution in [0.3, 0.4) is 0 Å². The Kier molecular flexibility index (Phi) is 10.1. The zero-order chi connectivity index (χ0) is 33.4. The fraction of sp³-hybridized carbons (Fsp3) is 0.500. The Morgan fingerprint density at radius 1 is 0.909 bits per heavy atom. The maximum Gasteiger partial charge on any atom is 0.184 e. The number of benzene rings is 1. The van der Waals surface area contributed by atoms with Gasteiger partial charge in [-0.05, 0) is 116 Å². The van der Waals surface area contributed by atoms with Crippen LogP contribution in [-0.2, 0) is 14.4 Å². The highest BCUT2D eigenvalue weighted by Crippen LogP contribution is 2.66. The lowest BCUT2D eigenvalue weighted by Crippen LogP contribution is -2.69. The molecular formula is C38H50O6. The summed E-state index contributed by atoms with van der Waals surface area (Å²) in [5.41, 5.74) is -0.453. The molecule has 1 aromatic rings. The molecule has 0 saturated heterocycles. The van der Waals surface area contributed by atoms with E-state index >= 15 is 4.79 Å². The first kappa shape index (κ1) is 34.8. The van der Waals surface area contributed by atoms with Gasteiger partial charge in [0.1, 0.15) is 16.7 Å². The van der Waals surface area contributed by atoms with Crippen LogP contribution in [0.1, 0.15) is 100.0 Å². The summed E-state index contributed by atoms with van der Waals surface area (Å²) < 4.78 is 0. The second-order valence-corrected chi connectivity index (χ2v) is 14.3. The molecule has 44 heavy (non-hydrogen) atoms. The van der Waals surface area contributed by atoms with Crippen LogP contribution in [-0.4, -0.2) is 32.7 Å². The molecule has 0 unspecified atom stereocenters. The molecule has 3 N–H and O–H groups in total. The number of aromatic hydroxyl groups is 2. The molecule has 2 aliphatic rings. The molecule has 0 spiro atoms. The molecule has 2 saturated carbocycles. The van der Waals surface area contributed by atoms with Crippen molar-refractivity contribution in [1.82, 2.24) is 0 Å². The Balaban J connectivity index is 2.47. The number of phenolic OH excluding ortho intramolecular Hbond substituents is 2. The lowest BCUT2D eigenvalue weighted by Gasteiger charge is -2.60. The van der Waals surface area contributed by atoms with Gasteiger partial charge in [0.2, 0.25) is 0 Å². The third kappa shape index (κ3) is 6.00. The Bertz CT molecular complexity index is 1490. The third-order valence-electron chi connectivity index (χ3n) is 10.0. The Morgan fingerprint density at radius 2 is 1.50 bits per heavy atom. The van der Waals surface area contributed by atoms with Crippen LogP contribution in [0.5, 0.6) is 11.5 Å². The minimum absolute atomic E-state index is 0.0110. The Hall–Kier alpha value is -3.67. The van der Waals surface area contributed by atoms with Gasteiger partial charge < -0.3 is 15.3 Å². The van der Waals surface area contributed by atoms with Crippen molar-refractivity contribution in [2.24, 2.45) is 28.1 Å². The van der Waals surface area contributed by atoms with Crippen molar-refractivity contribution in [2.45, 2.75) is 94.4 Å². The second-order valence-electron chi connectivity index (χ2n) is 14.3. The first-order valence-corrected chi connectivity index (χ1v) is 15.5. The lowest BCUT2D eigenvalue weighted by atomic mass is 9.38. The van der Waals surface area contributed by atoms with Crippen LogP contribution in [0.4, 0.5) is 0 Å². The molecule has 4 atom stereocenters. The molecule has 1 aromatic carbocycles. The highest BCUT2D eigenvalue weighted by atomic mass is 16.3. The monoisotopic (exact) mass is 602 g/mol. The van der Waals surface area contributed by atoms with Crippen molar-refractivity contribution < 1.29 is 29.7 Å². The van der Waals surface area contributed by atoms with E-state index in [-0.39, 0.29) is 42.4 Å². The largest absolute Gasteiger partial charge is 0.506 e. The van der Waals surface area contributed by atoms with Gasteiger partial charge >= 0.3 is 0 Å². The number of aliphatic hydroxyl groups excluding tert-OH is 1. The predicted molar refractivity (Wildman–Crippen MR) is 176 cm³/mol. The number of aliphatic hydroxyl groups is 1. The summed E-state index contributed by atoms with van der Waals surface area (Å²) in [6.07, 6.45) is 7.79. The Morgan fingerprint density at radius 3 is 2.02 bits per heavy atom. The number of fused-ring (bicyclic) bond motifs is 2. The van der Waals surface area contributed by atoms with Crippen molar-refractivity contribution in [3.8, 4) is 11.5 Å². The van der Waals surface area contributed by atoms with E-state index in [1.807, 2.05) is 68.4 Å². The number of allylic oxidation sites excluding steroid dienone is 8. The second kappa shape index (κ2) is 12.7. The Labute approximate surface area is 263 Å². The molecule has 238 valence electrons. The van der Waals surface area contributed by atoms with E-state index in [0.29, 0.717) is 12.8 Å². The van der Waals surface area contributed by atoms with Gasteiger partial charge in [-0.15, -0.1) is 0 Å². The molecule has 2 bridgehead atoms. The number of carbonyl (C=O) groups excluding carboxylic acids is 3. The average Bonchev–Trinajstić information content (AvgIpc) is 2.91. The minimum Gasteiger partial charge on any atom is -0.506 e.